The molecule has 0 saturated carbocycles. The topological polar surface area (TPSA) is 22.1 Å². The molecule has 1 aliphatic heterocycles. The largest absolute Gasteiger partial charge is 0.491 e. The minimum Gasteiger partial charge on any atom is -0.491 e. The predicted molar refractivity (Wildman–Crippen MR) is 57.6 cm³/mol. The van der Waals surface area contributed by atoms with E-state index in [4.69, 9.17) is 16.3 Å². The van der Waals surface area contributed by atoms with Crippen LogP contribution < -0.4 is 4.74 Å². The SMILES string of the molecule is C=C1CC(C)COc2ccc(Cl)nc21. The first kappa shape index (κ1) is 9.53. The summed E-state index contributed by atoms with van der Waals surface area (Å²) in [5.74, 6) is 1.28. The van der Waals surface area contributed by atoms with Crippen LogP contribution in [0.15, 0.2) is 18.7 Å². The zero-order valence-electron chi connectivity index (χ0n) is 8.09. The molecule has 1 aromatic rings. The van der Waals surface area contributed by atoms with Gasteiger partial charge in [0, 0.05) is 0 Å². The monoisotopic (exact) mass is 209 g/mol. The number of halogens is 1. The number of aromatic nitrogens is 1. The third-order valence-corrected chi connectivity index (χ3v) is 2.49. The van der Waals surface area contributed by atoms with E-state index in [1.807, 2.05) is 6.07 Å². The van der Waals surface area contributed by atoms with Crippen LogP contribution in [0.2, 0.25) is 5.15 Å². The molecule has 0 aromatic carbocycles. The van der Waals surface area contributed by atoms with Crippen molar-refractivity contribution in [1.29, 1.82) is 0 Å². The minimum atomic E-state index is 0.482. The Bertz CT molecular complexity index is 376. The molecule has 0 aliphatic carbocycles. The van der Waals surface area contributed by atoms with E-state index in [2.05, 4.69) is 18.5 Å². The first-order valence-electron chi connectivity index (χ1n) is 4.64. The standard InChI is InChI=1S/C11H12ClNO/c1-7-5-8(2)11-9(14-6-7)3-4-10(12)13-11/h3-4,7H,2,5-6H2,1H3. The van der Waals surface area contributed by atoms with E-state index in [0.29, 0.717) is 11.1 Å². The van der Waals surface area contributed by atoms with E-state index in [0.717, 1.165) is 30.0 Å². The van der Waals surface area contributed by atoms with Gasteiger partial charge >= 0.3 is 0 Å². The molecule has 1 unspecified atom stereocenters. The van der Waals surface area contributed by atoms with E-state index in [-0.39, 0.29) is 0 Å². The fraction of sp³-hybridized carbons (Fsp3) is 0.364. The maximum Gasteiger partial charge on any atom is 0.145 e. The highest BCUT2D eigenvalue weighted by Gasteiger charge is 2.18. The van der Waals surface area contributed by atoms with E-state index in [1.165, 1.54) is 0 Å². The van der Waals surface area contributed by atoms with Crippen LogP contribution in [0.5, 0.6) is 5.75 Å². The third-order valence-electron chi connectivity index (χ3n) is 2.28. The Hall–Kier alpha value is -1.02. The smallest absolute Gasteiger partial charge is 0.145 e. The van der Waals surface area contributed by atoms with Crippen molar-refractivity contribution in [2.45, 2.75) is 13.3 Å². The van der Waals surface area contributed by atoms with Crippen molar-refractivity contribution in [3.8, 4) is 5.75 Å². The Morgan fingerprint density at radius 1 is 1.57 bits per heavy atom. The number of hydrogen-bond donors (Lipinski definition) is 0. The molecule has 2 rings (SSSR count). The fourth-order valence-corrected chi connectivity index (χ4v) is 1.75. The third kappa shape index (κ3) is 1.75. The van der Waals surface area contributed by atoms with Gasteiger partial charge in [-0.1, -0.05) is 25.1 Å². The van der Waals surface area contributed by atoms with Crippen molar-refractivity contribution < 1.29 is 4.74 Å². The molecule has 0 amide bonds. The second kappa shape index (κ2) is 3.62. The summed E-state index contributed by atoms with van der Waals surface area (Å²) in [4.78, 5) is 4.23. The first-order valence-corrected chi connectivity index (χ1v) is 5.02. The Balaban J connectivity index is 2.44. The molecule has 1 aliphatic rings. The maximum atomic E-state index is 5.82. The Kier molecular flexibility index (Phi) is 2.46. The normalized spacial score (nSPS) is 21.0. The molecule has 3 heteroatoms. The van der Waals surface area contributed by atoms with Crippen molar-refractivity contribution in [1.82, 2.24) is 4.98 Å². The number of allylic oxidation sites excluding steroid dienone is 1. The summed E-state index contributed by atoms with van der Waals surface area (Å²) in [5.41, 5.74) is 1.81. The van der Waals surface area contributed by atoms with Crippen LogP contribution in [-0.4, -0.2) is 11.6 Å². The van der Waals surface area contributed by atoms with E-state index < -0.39 is 0 Å². The lowest BCUT2D eigenvalue weighted by Gasteiger charge is -2.06. The summed E-state index contributed by atoms with van der Waals surface area (Å²) in [5, 5.41) is 0.489. The number of nitrogens with zero attached hydrogens (tertiary/aromatic N) is 1. The average Bonchev–Trinajstić information content (AvgIpc) is 2.27. The molecule has 14 heavy (non-hydrogen) atoms. The summed E-state index contributed by atoms with van der Waals surface area (Å²) >= 11 is 5.82. The average molecular weight is 210 g/mol. The van der Waals surface area contributed by atoms with E-state index >= 15 is 0 Å². The quantitative estimate of drug-likeness (QED) is 0.613. The van der Waals surface area contributed by atoms with E-state index in [1.54, 1.807) is 6.07 Å². The van der Waals surface area contributed by atoms with Crippen LogP contribution in [-0.2, 0) is 0 Å². The van der Waals surface area contributed by atoms with Crippen molar-refractivity contribution >= 4 is 17.2 Å². The van der Waals surface area contributed by atoms with Crippen LogP contribution in [0.3, 0.4) is 0 Å². The lowest BCUT2D eigenvalue weighted by atomic mass is 10.0. The summed E-state index contributed by atoms with van der Waals surface area (Å²) in [6.07, 6.45) is 0.917. The molecule has 2 nitrogen and oxygen atoms in total. The molecule has 74 valence electrons. The number of ether oxygens (including phenoxy) is 1. The van der Waals surface area contributed by atoms with E-state index in [9.17, 15) is 0 Å². The second-order valence-electron chi connectivity index (χ2n) is 3.70. The van der Waals surface area contributed by atoms with Gasteiger partial charge in [0.1, 0.15) is 16.6 Å². The van der Waals surface area contributed by atoms with Crippen LogP contribution in [0.25, 0.3) is 5.57 Å². The zero-order valence-corrected chi connectivity index (χ0v) is 8.84. The number of hydrogen-bond acceptors (Lipinski definition) is 2. The lowest BCUT2D eigenvalue weighted by Crippen LogP contribution is -2.05. The molecular weight excluding hydrogens is 198 g/mol. The van der Waals surface area contributed by atoms with Crippen LogP contribution in [0.4, 0.5) is 0 Å². The zero-order chi connectivity index (χ0) is 10.1. The van der Waals surface area contributed by atoms with Gasteiger partial charge < -0.3 is 4.74 Å². The first-order chi connectivity index (χ1) is 6.66. The number of fused-ring (bicyclic) bond motifs is 1. The summed E-state index contributed by atoms with van der Waals surface area (Å²) < 4.78 is 5.60. The Morgan fingerprint density at radius 3 is 3.14 bits per heavy atom. The summed E-state index contributed by atoms with van der Waals surface area (Å²) in [7, 11) is 0. The second-order valence-corrected chi connectivity index (χ2v) is 4.09. The summed E-state index contributed by atoms with van der Waals surface area (Å²) in [6.45, 7) is 6.86. The van der Waals surface area contributed by atoms with Crippen LogP contribution >= 0.6 is 11.6 Å². The Labute approximate surface area is 88.6 Å². The van der Waals surface area contributed by atoms with Crippen LogP contribution in [0, 0.1) is 5.92 Å². The van der Waals surface area contributed by atoms with Gasteiger partial charge in [-0.25, -0.2) is 4.98 Å². The predicted octanol–water partition coefficient (Wildman–Crippen LogP) is 3.17. The molecule has 0 fully saturated rings. The van der Waals surface area contributed by atoms with Gasteiger partial charge in [0.2, 0.25) is 0 Å². The molecule has 1 aromatic heterocycles. The molecule has 0 saturated heterocycles. The maximum absolute atomic E-state index is 5.82. The van der Waals surface area contributed by atoms with Gasteiger partial charge in [-0.05, 0) is 30.0 Å². The molecule has 0 bridgehead atoms. The Morgan fingerprint density at radius 2 is 2.36 bits per heavy atom. The van der Waals surface area contributed by atoms with Gasteiger partial charge in [0.05, 0.1) is 6.61 Å². The molecular formula is C11H12ClNO. The van der Waals surface area contributed by atoms with Gasteiger partial charge in [0.15, 0.2) is 0 Å². The number of pyridine rings is 1. The van der Waals surface area contributed by atoms with Gasteiger partial charge in [-0.15, -0.1) is 0 Å². The van der Waals surface area contributed by atoms with Crippen molar-refractivity contribution in [3.63, 3.8) is 0 Å². The lowest BCUT2D eigenvalue weighted by molar-refractivity contribution is 0.268. The minimum absolute atomic E-state index is 0.482. The van der Waals surface area contributed by atoms with Crippen molar-refractivity contribution in [2.24, 2.45) is 5.92 Å². The van der Waals surface area contributed by atoms with Gasteiger partial charge in [-0.2, -0.15) is 0 Å². The van der Waals surface area contributed by atoms with Gasteiger partial charge in [-0.3, -0.25) is 0 Å². The van der Waals surface area contributed by atoms with Crippen LogP contribution in [0.1, 0.15) is 19.0 Å². The van der Waals surface area contributed by atoms with Crippen molar-refractivity contribution in [2.75, 3.05) is 6.61 Å². The van der Waals surface area contributed by atoms with Gasteiger partial charge in [0.25, 0.3) is 0 Å². The highest BCUT2D eigenvalue weighted by molar-refractivity contribution is 6.29. The highest BCUT2D eigenvalue weighted by atomic mass is 35.5. The highest BCUT2D eigenvalue weighted by Crippen LogP contribution is 2.32. The van der Waals surface area contributed by atoms with Crippen molar-refractivity contribution in [3.05, 3.63) is 29.6 Å². The molecule has 2 heterocycles. The number of rotatable bonds is 0. The fourth-order valence-electron chi connectivity index (χ4n) is 1.60. The molecule has 0 spiro atoms. The molecule has 1 atom stereocenters. The molecule has 0 N–H and O–H groups in total. The molecule has 0 radical (unpaired) electrons. The summed E-state index contributed by atoms with van der Waals surface area (Å²) in [6, 6.07) is 3.59.